The Hall–Kier alpha value is -2.78. The van der Waals surface area contributed by atoms with Crippen molar-refractivity contribution < 1.29 is 4.92 Å². The van der Waals surface area contributed by atoms with Crippen LogP contribution in [0.3, 0.4) is 0 Å². The van der Waals surface area contributed by atoms with E-state index in [1.165, 1.54) is 6.20 Å². The average Bonchev–Trinajstić information content (AvgIpc) is 2.84. The lowest BCUT2D eigenvalue weighted by Gasteiger charge is -2.07. The van der Waals surface area contributed by atoms with E-state index in [0.29, 0.717) is 18.9 Å². The van der Waals surface area contributed by atoms with Gasteiger partial charge in [0, 0.05) is 27.1 Å². The topological polar surface area (TPSA) is 124 Å². The summed E-state index contributed by atoms with van der Waals surface area (Å²) in [7, 11) is 3.48. The van der Waals surface area contributed by atoms with Crippen molar-refractivity contribution in [3.05, 3.63) is 28.5 Å². The number of aryl methyl sites for hydroxylation is 1. The monoisotopic (exact) mass is 278 g/mol. The predicted molar refractivity (Wildman–Crippen MR) is 71.4 cm³/mol. The van der Waals surface area contributed by atoms with Gasteiger partial charge in [-0.15, -0.1) is 10.2 Å². The number of hydrogen-bond donors (Lipinski definition) is 2. The SMILES string of the molecule is CNc1ncc([N+](=O)[O-])c(NCCc2nncn2C)n1. The highest BCUT2D eigenvalue weighted by Crippen LogP contribution is 2.21. The van der Waals surface area contributed by atoms with E-state index in [2.05, 4.69) is 30.8 Å². The third-order valence-electron chi connectivity index (χ3n) is 2.64. The van der Waals surface area contributed by atoms with E-state index in [9.17, 15) is 10.1 Å². The highest BCUT2D eigenvalue weighted by Gasteiger charge is 2.16. The summed E-state index contributed by atoms with van der Waals surface area (Å²) in [5.74, 6) is 1.27. The standard InChI is InChI=1S/C10H14N8O2/c1-11-10-13-5-7(18(19)20)9(15-10)12-4-3-8-16-14-6-17(8)2/h5-6H,3-4H2,1-2H3,(H2,11,12,13,15). The van der Waals surface area contributed by atoms with Crippen LogP contribution in [0.1, 0.15) is 5.82 Å². The maximum atomic E-state index is 10.9. The number of aromatic nitrogens is 5. The molecule has 0 radical (unpaired) electrons. The lowest BCUT2D eigenvalue weighted by molar-refractivity contribution is -0.384. The molecular weight excluding hydrogens is 264 g/mol. The van der Waals surface area contributed by atoms with Crippen LogP contribution in [0.2, 0.25) is 0 Å². The molecule has 20 heavy (non-hydrogen) atoms. The molecule has 2 N–H and O–H groups in total. The van der Waals surface area contributed by atoms with Crippen LogP contribution in [0.25, 0.3) is 0 Å². The van der Waals surface area contributed by atoms with E-state index in [-0.39, 0.29) is 11.5 Å². The lowest BCUT2D eigenvalue weighted by atomic mass is 10.4. The van der Waals surface area contributed by atoms with Crippen LogP contribution in [0.5, 0.6) is 0 Å². The molecule has 0 spiro atoms. The minimum absolute atomic E-state index is 0.165. The summed E-state index contributed by atoms with van der Waals surface area (Å²) in [5.41, 5.74) is -0.165. The first-order valence-electron chi connectivity index (χ1n) is 5.87. The number of nitrogens with one attached hydrogen (secondary N) is 2. The Labute approximate surface area is 114 Å². The van der Waals surface area contributed by atoms with E-state index in [1.54, 1.807) is 17.9 Å². The van der Waals surface area contributed by atoms with Gasteiger partial charge in [0.25, 0.3) is 0 Å². The van der Waals surface area contributed by atoms with Crippen LogP contribution in [0.4, 0.5) is 17.5 Å². The molecule has 2 aromatic heterocycles. The van der Waals surface area contributed by atoms with E-state index in [1.807, 2.05) is 7.05 Å². The Bertz CT molecular complexity index is 611. The van der Waals surface area contributed by atoms with Gasteiger partial charge in [0.1, 0.15) is 18.3 Å². The van der Waals surface area contributed by atoms with Crippen molar-refractivity contribution >= 4 is 17.5 Å². The number of nitro groups is 1. The molecule has 0 aliphatic carbocycles. The normalized spacial score (nSPS) is 10.3. The van der Waals surface area contributed by atoms with Crippen LogP contribution in [-0.2, 0) is 13.5 Å². The highest BCUT2D eigenvalue weighted by atomic mass is 16.6. The molecule has 2 aromatic rings. The second-order valence-corrected chi connectivity index (χ2v) is 3.97. The lowest BCUT2D eigenvalue weighted by Crippen LogP contribution is -2.12. The van der Waals surface area contributed by atoms with Crippen molar-refractivity contribution in [1.82, 2.24) is 24.7 Å². The molecule has 106 valence electrons. The molecule has 0 bridgehead atoms. The van der Waals surface area contributed by atoms with E-state index >= 15 is 0 Å². The van der Waals surface area contributed by atoms with Crippen molar-refractivity contribution in [3.8, 4) is 0 Å². The molecule has 0 aromatic carbocycles. The molecule has 10 nitrogen and oxygen atoms in total. The Morgan fingerprint density at radius 1 is 1.50 bits per heavy atom. The molecule has 2 rings (SSSR count). The summed E-state index contributed by atoms with van der Waals surface area (Å²) in [6, 6.07) is 0. The zero-order chi connectivity index (χ0) is 14.5. The van der Waals surface area contributed by atoms with Crippen molar-refractivity contribution in [2.24, 2.45) is 7.05 Å². The summed E-state index contributed by atoms with van der Waals surface area (Å²) < 4.78 is 1.79. The molecule has 0 aliphatic rings. The van der Waals surface area contributed by atoms with Crippen molar-refractivity contribution in [1.29, 1.82) is 0 Å². The molecule has 0 aliphatic heterocycles. The Kier molecular flexibility index (Phi) is 4.03. The van der Waals surface area contributed by atoms with Gasteiger partial charge in [-0.05, 0) is 0 Å². The van der Waals surface area contributed by atoms with Crippen LogP contribution in [0, 0.1) is 10.1 Å². The summed E-state index contributed by atoms with van der Waals surface area (Å²) in [6.45, 7) is 0.452. The van der Waals surface area contributed by atoms with Crippen molar-refractivity contribution in [3.63, 3.8) is 0 Å². The third kappa shape index (κ3) is 2.96. The Morgan fingerprint density at radius 2 is 2.30 bits per heavy atom. The molecule has 0 unspecified atom stereocenters. The fourth-order valence-electron chi connectivity index (χ4n) is 1.59. The van der Waals surface area contributed by atoms with Gasteiger partial charge in [0.2, 0.25) is 11.8 Å². The number of anilines is 2. The number of rotatable bonds is 6. The molecular formula is C10H14N8O2. The quantitative estimate of drug-likeness (QED) is 0.567. The molecule has 2 heterocycles. The van der Waals surface area contributed by atoms with Crippen molar-refractivity contribution in [2.75, 3.05) is 24.2 Å². The first-order chi connectivity index (χ1) is 9.61. The van der Waals surface area contributed by atoms with E-state index in [0.717, 1.165) is 5.82 Å². The summed E-state index contributed by atoms with van der Waals surface area (Å²) in [6.07, 6.45) is 3.34. The van der Waals surface area contributed by atoms with Crippen LogP contribution < -0.4 is 10.6 Å². The number of nitrogens with zero attached hydrogens (tertiary/aromatic N) is 6. The molecule has 10 heteroatoms. The summed E-state index contributed by atoms with van der Waals surface area (Å²) in [4.78, 5) is 18.2. The highest BCUT2D eigenvalue weighted by molar-refractivity contribution is 5.56. The Balaban J connectivity index is 2.07. The maximum Gasteiger partial charge on any atom is 0.329 e. The fraction of sp³-hybridized carbons (Fsp3) is 0.400. The second kappa shape index (κ2) is 5.91. The number of hydrogen-bond acceptors (Lipinski definition) is 8. The fourth-order valence-corrected chi connectivity index (χ4v) is 1.59. The predicted octanol–water partition coefficient (Wildman–Crippen LogP) is 0.210. The minimum atomic E-state index is -0.524. The molecule has 0 atom stereocenters. The molecule has 0 saturated carbocycles. The zero-order valence-electron chi connectivity index (χ0n) is 11.1. The first kappa shape index (κ1) is 13.6. The van der Waals surface area contributed by atoms with Gasteiger partial charge in [-0.3, -0.25) is 10.1 Å². The van der Waals surface area contributed by atoms with Gasteiger partial charge >= 0.3 is 5.69 Å². The van der Waals surface area contributed by atoms with E-state index in [4.69, 9.17) is 0 Å². The second-order valence-electron chi connectivity index (χ2n) is 3.97. The maximum absolute atomic E-state index is 10.9. The third-order valence-corrected chi connectivity index (χ3v) is 2.64. The van der Waals surface area contributed by atoms with Gasteiger partial charge in [-0.1, -0.05) is 0 Å². The van der Waals surface area contributed by atoms with Crippen molar-refractivity contribution in [2.45, 2.75) is 6.42 Å². The molecule has 0 saturated heterocycles. The smallest absolute Gasteiger partial charge is 0.329 e. The van der Waals surface area contributed by atoms with Gasteiger partial charge in [-0.2, -0.15) is 4.98 Å². The Morgan fingerprint density at radius 3 is 2.90 bits per heavy atom. The zero-order valence-corrected chi connectivity index (χ0v) is 11.1. The average molecular weight is 278 g/mol. The molecule has 0 fully saturated rings. The van der Waals surface area contributed by atoms with Crippen LogP contribution in [0.15, 0.2) is 12.5 Å². The molecule has 0 amide bonds. The summed E-state index contributed by atoms with van der Waals surface area (Å²) in [5, 5.41) is 24.3. The van der Waals surface area contributed by atoms with E-state index < -0.39 is 4.92 Å². The van der Waals surface area contributed by atoms with Gasteiger partial charge in [0.15, 0.2) is 0 Å². The van der Waals surface area contributed by atoms with Crippen LogP contribution >= 0.6 is 0 Å². The van der Waals surface area contributed by atoms with Crippen LogP contribution in [-0.4, -0.2) is 43.2 Å². The first-order valence-corrected chi connectivity index (χ1v) is 5.87. The van der Waals surface area contributed by atoms with Gasteiger partial charge in [0.05, 0.1) is 4.92 Å². The largest absolute Gasteiger partial charge is 0.364 e. The summed E-state index contributed by atoms with van der Waals surface area (Å²) >= 11 is 0. The van der Waals surface area contributed by atoms with Gasteiger partial charge < -0.3 is 15.2 Å². The van der Waals surface area contributed by atoms with Gasteiger partial charge in [-0.25, -0.2) is 4.98 Å². The minimum Gasteiger partial charge on any atom is -0.364 e.